The van der Waals surface area contributed by atoms with Crippen molar-refractivity contribution in [2.45, 2.75) is 13.1 Å². The minimum atomic E-state index is 0.0553. The summed E-state index contributed by atoms with van der Waals surface area (Å²) < 4.78 is 1.18. The molecule has 2 heterocycles. The van der Waals surface area contributed by atoms with E-state index in [9.17, 15) is 4.79 Å². The fourth-order valence-electron chi connectivity index (χ4n) is 3.43. The van der Waals surface area contributed by atoms with Crippen molar-refractivity contribution in [3.8, 4) is 0 Å². The summed E-state index contributed by atoms with van der Waals surface area (Å²) in [5.74, 6) is 0.200. The molecule has 28 heavy (non-hydrogen) atoms. The van der Waals surface area contributed by atoms with Gasteiger partial charge in [-0.2, -0.15) is 0 Å². The minimum absolute atomic E-state index is 0.0553. The van der Waals surface area contributed by atoms with Gasteiger partial charge in [-0.3, -0.25) is 15.1 Å². The Morgan fingerprint density at radius 2 is 1.89 bits per heavy atom. The summed E-state index contributed by atoms with van der Waals surface area (Å²) in [5.41, 5.74) is 7.24. The Kier molecular flexibility index (Phi) is 5.35. The van der Waals surface area contributed by atoms with E-state index in [1.807, 2.05) is 47.4 Å². The zero-order valence-corrected chi connectivity index (χ0v) is 16.9. The SMILES string of the molecule is N=C(N)c1ccc(CN2CCN(Cc3cc4ccc(Cl)cc4s3)CC2=O)cc1. The average molecular weight is 413 g/mol. The highest BCUT2D eigenvalue weighted by molar-refractivity contribution is 7.19. The fraction of sp³-hybridized carbons (Fsp3) is 0.238. The van der Waals surface area contributed by atoms with Gasteiger partial charge in [0.15, 0.2) is 0 Å². The number of amidine groups is 1. The number of fused-ring (bicyclic) bond motifs is 1. The molecule has 0 bridgehead atoms. The lowest BCUT2D eigenvalue weighted by Crippen LogP contribution is -2.49. The number of hydrogen-bond acceptors (Lipinski definition) is 4. The standard InChI is InChI=1S/C21H21ClN4OS/c22-17-6-5-16-9-18(28-19(16)10-17)12-25-7-8-26(20(27)13-25)11-14-1-3-15(4-2-14)21(23)24/h1-6,9-10H,7-8,11-13H2,(H3,23,24). The van der Waals surface area contributed by atoms with Crippen molar-refractivity contribution in [1.29, 1.82) is 5.41 Å². The van der Waals surface area contributed by atoms with Crippen molar-refractivity contribution in [3.63, 3.8) is 0 Å². The number of nitrogens with two attached hydrogens (primary N) is 1. The molecule has 0 spiro atoms. The van der Waals surface area contributed by atoms with Crippen LogP contribution in [0.3, 0.4) is 0 Å². The van der Waals surface area contributed by atoms with E-state index >= 15 is 0 Å². The van der Waals surface area contributed by atoms with Crippen molar-refractivity contribution >= 4 is 44.8 Å². The maximum atomic E-state index is 12.6. The summed E-state index contributed by atoms with van der Waals surface area (Å²) in [4.78, 5) is 17.9. The van der Waals surface area contributed by atoms with Crippen LogP contribution in [0.2, 0.25) is 5.02 Å². The molecule has 1 saturated heterocycles. The van der Waals surface area contributed by atoms with Gasteiger partial charge < -0.3 is 10.6 Å². The number of nitrogens with one attached hydrogen (secondary N) is 1. The largest absolute Gasteiger partial charge is 0.384 e. The number of piperazine rings is 1. The predicted molar refractivity (Wildman–Crippen MR) is 115 cm³/mol. The molecule has 0 saturated carbocycles. The first-order chi connectivity index (χ1) is 13.5. The molecule has 1 amide bonds. The Morgan fingerprint density at radius 3 is 2.61 bits per heavy atom. The topological polar surface area (TPSA) is 73.4 Å². The van der Waals surface area contributed by atoms with Gasteiger partial charge in [-0.05, 0) is 29.1 Å². The highest BCUT2D eigenvalue weighted by Crippen LogP contribution is 2.29. The summed E-state index contributed by atoms with van der Waals surface area (Å²) in [5, 5.41) is 9.40. The number of nitrogen functional groups attached to an aromatic ring is 1. The Balaban J connectivity index is 1.36. The van der Waals surface area contributed by atoms with Crippen LogP contribution in [0.5, 0.6) is 0 Å². The smallest absolute Gasteiger partial charge is 0.237 e. The maximum Gasteiger partial charge on any atom is 0.237 e. The Morgan fingerprint density at radius 1 is 1.11 bits per heavy atom. The number of rotatable bonds is 5. The van der Waals surface area contributed by atoms with Gasteiger partial charge in [-0.1, -0.05) is 41.9 Å². The number of benzene rings is 2. The van der Waals surface area contributed by atoms with Crippen molar-refractivity contribution in [3.05, 3.63) is 69.6 Å². The van der Waals surface area contributed by atoms with Gasteiger partial charge in [0.1, 0.15) is 5.84 Å². The summed E-state index contributed by atoms with van der Waals surface area (Å²) in [6.45, 7) is 3.37. The number of carbonyl (C=O) groups is 1. The second-order valence-electron chi connectivity index (χ2n) is 7.03. The van der Waals surface area contributed by atoms with E-state index in [0.29, 0.717) is 25.2 Å². The van der Waals surface area contributed by atoms with Crippen molar-refractivity contribution in [1.82, 2.24) is 9.80 Å². The van der Waals surface area contributed by atoms with Gasteiger partial charge in [-0.15, -0.1) is 11.3 Å². The Labute approximate surface area is 172 Å². The normalized spacial score (nSPS) is 15.3. The number of amides is 1. The van der Waals surface area contributed by atoms with E-state index < -0.39 is 0 Å². The molecule has 144 valence electrons. The predicted octanol–water partition coefficient (Wildman–Crippen LogP) is 3.68. The number of nitrogens with zero attached hydrogens (tertiary/aromatic N) is 2. The van der Waals surface area contributed by atoms with Crippen LogP contribution >= 0.6 is 22.9 Å². The van der Waals surface area contributed by atoms with Crippen LogP contribution < -0.4 is 5.73 Å². The molecule has 0 radical (unpaired) electrons. The molecule has 7 heteroatoms. The molecule has 0 aliphatic carbocycles. The van der Waals surface area contributed by atoms with Crippen molar-refractivity contribution in [2.75, 3.05) is 19.6 Å². The molecule has 1 fully saturated rings. The molecular weight excluding hydrogens is 392 g/mol. The van der Waals surface area contributed by atoms with Crippen LogP contribution in [0.25, 0.3) is 10.1 Å². The molecule has 2 aromatic carbocycles. The van der Waals surface area contributed by atoms with E-state index in [-0.39, 0.29) is 11.7 Å². The number of thiophene rings is 1. The zero-order chi connectivity index (χ0) is 19.7. The first kappa shape index (κ1) is 18.9. The lowest BCUT2D eigenvalue weighted by Gasteiger charge is -2.34. The van der Waals surface area contributed by atoms with Gasteiger partial charge in [0, 0.05) is 46.3 Å². The van der Waals surface area contributed by atoms with Crippen molar-refractivity contribution < 1.29 is 4.79 Å². The Bertz CT molecular complexity index is 1030. The molecule has 0 unspecified atom stereocenters. The fourth-order valence-corrected chi connectivity index (χ4v) is 4.81. The highest BCUT2D eigenvalue weighted by Gasteiger charge is 2.24. The monoisotopic (exact) mass is 412 g/mol. The van der Waals surface area contributed by atoms with Gasteiger partial charge in [-0.25, -0.2) is 0 Å². The third kappa shape index (κ3) is 4.19. The van der Waals surface area contributed by atoms with Crippen LogP contribution in [0.4, 0.5) is 0 Å². The molecule has 3 aromatic rings. The van der Waals surface area contributed by atoms with Crippen LogP contribution in [0.15, 0.2) is 48.5 Å². The van der Waals surface area contributed by atoms with E-state index in [0.717, 1.165) is 23.7 Å². The second-order valence-corrected chi connectivity index (χ2v) is 8.64. The molecule has 0 atom stereocenters. The van der Waals surface area contributed by atoms with Crippen LogP contribution in [0, 0.1) is 5.41 Å². The minimum Gasteiger partial charge on any atom is -0.384 e. The van der Waals surface area contributed by atoms with Crippen LogP contribution in [-0.2, 0) is 17.9 Å². The molecule has 1 aliphatic heterocycles. The third-order valence-corrected chi connectivity index (χ3v) is 6.27. The second kappa shape index (κ2) is 7.91. The molecule has 5 nitrogen and oxygen atoms in total. The molecular formula is C21H21ClN4OS. The first-order valence-corrected chi connectivity index (χ1v) is 10.3. The Hall–Kier alpha value is -2.41. The van der Waals surface area contributed by atoms with Gasteiger partial charge in [0.2, 0.25) is 5.91 Å². The average Bonchev–Trinajstić information content (AvgIpc) is 3.05. The van der Waals surface area contributed by atoms with Gasteiger partial charge in [0.05, 0.1) is 6.54 Å². The quantitative estimate of drug-likeness (QED) is 0.496. The maximum absolute atomic E-state index is 12.6. The van der Waals surface area contributed by atoms with E-state index in [4.69, 9.17) is 22.7 Å². The van der Waals surface area contributed by atoms with Gasteiger partial charge in [0.25, 0.3) is 0 Å². The van der Waals surface area contributed by atoms with Crippen LogP contribution in [0.1, 0.15) is 16.0 Å². The van der Waals surface area contributed by atoms with Gasteiger partial charge >= 0.3 is 0 Å². The number of hydrogen-bond donors (Lipinski definition) is 2. The lowest BCUT2D eigenvalue weighted by atomic mass is 10.1. The van der Waals surface area contributed by atoms with E-state index in [2.05, 4.69) is 11.0 Å². The summed E-state index contributed by atoms with van der Waals surface area (Å²) >= 11 is 7.81. The molecule has 3 N–H and O–H groups in total. The molecule has 1 aromatic heterocycles. The van der Waals surface area contributed by atoms with E-state index in [1.54, 1.807) is 11.3 Å². The molecule has 4 rings (SSSR count). The van der Waals surface area contributed by atoms with Crippen molar-refractivity contribution in [2.24, 2.45) is 5.73 Å². The first-order valence-electron chi connectivity index (χ1n) is 9.09. The summed E-state index contributed by atoms with van der Waals surface area (Å²) in [6.07, 6.45) is 0. The number of carbonyl (C=O) groups excluding carboxylic acids is 1. The summed E-state index contributed by atoms with van der Waals surface area (Å²) in [6, 6.07) is 15.6. The zero-order valence-electron chi connectivity index (χ0n) is 15.3. The number of halogens is 1. The molecule has 1 aliphatic rings. The summed E-state index contributed by atoms with van der Waals surface area (Å²) in [7, 11) is 0. The third-order valence-electron chi connectivity index (χ3n) is 4.95. The lowest BCUT2D eigenvalue weighted by molar-refractivity contribution is -0.136. The van der Waals surface area contributed by atoms with E-state index in [1.165, 1.54) is 15.0 Å². The van der Waals surface area contributed by atoms with Crippen LogP contribution in [-0.4, -0.2) is 41.2 Å². The highest BCUT2D eigenvalue weighted by atomic mass is 35.5.